The van der Waals surface area contributed by atoms with E-state index in [0.717, 1.165) is 43.3 Å². The summed E-state index contributed by atoms with van der Waals surface area (Å²) >= 11 is 1.36. The second kappa shape index (κ2) is 10.9. The molecule has 0 aliphatic carbocycles. The smallest absolute Gasteiger partial charge is 0.230 e. The van der Waals surface area contributed by atoms with Crippen LogP contribution in [-0.2, 0) is 11.3 Å². The van der Waals surface area contributed by atoms with E-state index in [1.165, 1.54) is 17.4 Å². The second-order valence-corrected chi connectivity index (χ2v) is 8.36. The molecule has 7 nitrogen and oxygen atoms in total. The number of carbonyl (C=O) groups excluding carboxylic acids is 1. The van der Waals surface area contributed by atoms with Crippen LogP contribution < -0.4 is 19.9 Å². The maximum Gasteiger partial charge on any atom is 0.230 e. The van der Waals surface area contributed by atoms with Gasteiger partial charge in [0.1, 0.15) is 11.6 Å². The van der Waals surface area contributed by atoms with Gasteiger partial charge in [0.25, 0.3) is 0 Å². The Morgan fingerprint density at radius 3 is 2.44 bits per heavy atom. The summed E-state index contributed by atoms with van der Waals surface area (Å²) in [4.78, 5) is 25.8. The van der Waals surface area contributed by atoms with E-state index in [1.54, 1.807) is 13.3 Å². The highest BCUT2D eigenvalue weighted by atomic mass is 32.2. The van der Waals surface area contributed by atoms with Crippen molar-refractivity contribution in [3.63, 3.8) is 0 Å². The number of ether oxygens (including phenoxy) is 1. The lowest BCUT2D eigenvalue weighted by Crippen LogP contribution is -2.46. The summed E-state index contributed by atoms with van der Waals surface area (Å²) in [6, 6.07) is 20.0. The summed E-state index contributed by atoms with van der Waals surface area (Å²) in [5, 5.41) is 3.56. The zero-order chi connectivity index (χ0) is 22.2. The van der Waals surface area contributed by atoms with Crippen LogP contribution in [0.5, 0.6) is 5.75 Å². The van der Waals surface area contributed by atoms with Crippen molar-refractivity contribution in [1.29, 1.82) is 0 Å². The number of nitrogens with zero attached hydrogens (tertiary/aromatic N) is 4. The van der Waals surface area contributed by atoms with Crippen molar-refractivity contribution in [3.05, 3.63) is 72.4 Å². The van der Waals surface area contributed by atoms with Gasteiger partial charge in [-0.1, -0.05) is 42.1 Å². The largest absolute Gasteiger partial charge is 0.497 e. The molecule has 32 heavy (non-hydrogen) atoms. The molecule has 0 spiro atoms. The summed E-state index contributed by atoms with van der Waals surface area (Å²) in [5.41, 5.74) is 2.28. The Morgan fingerprint density at radius 2 is 1.72 bits per heavy atom. The zero-order valence-electron chi connectivity index (χ0n) is 18.1. The topological polar surface area (TPSA) is 70.6 Å². The van der Waals surface area contributed by atoms with Crippen LogP contribution in [0.4, 0.5) is 11.5 Å². The Bertz CT molecular complexity index is 1010. The van der Waals surface area contributed by atoms with Gasteiger partial charge >= 0.3 is 0 Å². The summed E-state index contributed by atoms with van der Waals surface area (Å²) in [6.07, 6.45) is 1.77. The van der Waals surface area contributed by atoms with Crippen molar-refractivity contribution >= 4 is 29.2 Å². The van der Waals surface area contributed by atoms with Gasteiger partial charge in [0, 0.05) is 44.6 Å². The number of rotatable bonds is 8. The summed E-state index contributed by atoms with van der Waals surface area (Å²) in [7, 11) is 1.68. The number of aromatic nitrogens is 2. The number of anilines is 2. The average Bonchev–Trinajstić information content (AvgIpc) is 2.87. The Morgan fingerprint density at radius 1 is 1.00 bits per heavy atom. The van der Waals surface area contributed by atoms with E-state index >= 15 is 0 Å². The normalized spacial score (nSPS) is 13.7. The number of amides is 1. The molecule has 4 rings (SSSR count). The van der Waals surface area contributed by atoms with Crippen LogP contribution in [0, 0.1) is 0 Å². The first-order valence-electron chi connectivity index (χ1n) is 10.6. The number of methoxy groups -OCH3 is 1. The number of hydrogen-bond donors (Lipinski definition) is 1. The van der Waals surface area contributed by atoms with Gasteiger partial charge in [0.15, 0.2) is 5.16 Å². The molecule has 3 aromatic rings. The van der Waals surface area contributed by atoms with Crippen LogP contribution in [0.1, 0.15) is 5.56 Å². The van der Waals surface area contributed by atoms with Crippen LogP contribution in [-0.4, -0.2) is 54.9 Å². The molecule has 0 unspecified atom stereocenters. The van der Waals surface area contributed by atoms with Gasteiger partial charge in [-0.05, 0) is 35.9 Å². The summed E-state index contributed by atoms with van der Waals surface area (Å²) < 4.78 is 5.24. The van der Waals surface area contributed by atoms with E-state index in [9.17, 15) is 4.79 Å². The molecule has 1 amide bonds. The van der Waals surface area contributed by atoms with Crippen LogP contribution in [0.3, 0.4) is 0 Å². The molecule has 1 fully saturated rings. The molecule has 8 heteroatoms. The number of nitrogens with one attached hydrogen (secondary N) is 1. The lowest BCUT2D eigenvalue weighted by atomic mass is 10.2. The number of piperazine rings is 1. The van der Waals surface area contributed by atoms with Crippen molar-refractivity contribution in [2.24, 2.45) is 0 Å². The van der Waals surface area contributed by atoms with Crippen molar-refractivity contribution in [2.75, 3.05) is 48.8 Å². The number of carbonyl (C=O) groups is 1. The molecule has 2 heterocycles. The van der Waals surface area contributed by atoms with Gasteiger partial charge in [0.2, 0.25) is 5.91 Å². The molecule has 1 aliphatic rings. The van der Waals surface area contributed by atoms with Gasteiger partial charge in [-0.15, -0.1) is 0 Å². The molecule has 1 aromatic heterocycles. The molecule has 0 bridgehead atoms. The third kappa shape index (κ3) is 5.91. The second-order valence-electron chi connectivity index (χ2n) is 7.42. The average molecular weight is 450 g/mol. The van der Waals surface area contributed by atoms with Crippen molar-refractivity contribution in [2.45, 2.75) is 11.7 Å². The highest BCUT2D eigenvalue weighted by molar-refractivity contribution is 7.99. The molecule has 1 aliphatic heterocycles. The third-order valence-electron chi connectivity index (χ3n) is 5.32. The van der Waals surface area contributed by atoms with Gasteiger partial charge in [0.05, 0.1) is 12.9 Å². The lowest BCUT2D eigenvalue weighted by Gasteiger charge is -2.36. The Labute approximate surface area is 192 Å². The van der Waals surface area contributed by atoms with E-state index in [0.29, 0.717) is 17.5 Å². The predicted molar refractivity (Wildman–Crippen MR) is 128 cm³/mol. The fraction of sp³-hybridized carbons (Fsp3) is 0.292. The van der Waals surface area contributed by atoms with Gasteiger partial charge in [-0.3, -0.25) is 4.79 Å². The third-order valence-corrected chi connectivity index (χ3v) is 6.19. The summed E-state index contributed by atoms with van der Waals surface area (Å²) in [6.45, 7) is 4.12. The highest BCUT2D eigenvalue weighted by Crippen LogP contribution is 2.23. The number of thioether (sulfide) groups is 1. The Balaban J connectivity index is 1.26. The molecule has 1 saturated heterocycles. The van der Waals surface area contributed by atoms with Crippen molar-refractivity contribution in [3.8, 4) is 5.75 Å². The fourth-order valence-corrected chi connectivity index (χ4v) is 4.20. The van der Waals surface area contributed by atoms with Gasteiger partial charge < -0.3 is 19.9 Å². The molecule has 0 atom stereocenters. The van der Waals surface area contributed by atoms with Crippen molar-refractivity contribution in [1.82, 2.24) is 15.3 Å². The predicted octanol–water partition coefficient (Wildman–Crippen LogP) is 3.22. The van der Waals surface area contributed by atoms with Gasteiger partial charge in [-0.2, -0.15) is 0 Å². The molecule has 2 aromatic carbocycles. The first-order valence-corrected chi connectivity index (χ1v) is 11.6. The number of benzene rings is 2. The molecule has 0 radical (unpaired) electrons. The maximum absolute atomic E-state index is 12.2. The molecule has 0 saturated carbocycles. The Hall–Kier alpha value is -3.26. The molecule has 1 N–H and O–H groups in total. The van der Waals surface area contributed by atoms with Crippen LogP contribution in [0.2, 0.25) is 0 Å². The lowest BCUT2D eigenvalue weighted by molar-refractivity contribution is -0.118. The minimum Gasteiger partial charge on any atom is -0.497 e. The van der Waals surface area contributed by atoms with Crippen LogP contribution >= 0.6 is 11.8 Å². The number of hydrogen-bond acceptors (Lipinski definition) is 7. The van der Waals surface area contributed by atoms with E-state index in [4.69, 9.17) is 4.74 Å². The minimum atomic E-state index is -0.0269. The first kappa shape index (κ1) is 22.0. The van der Waals surface area contributed by atoms with Gasteiger partial charge in [-0.25, -0.2) is 9.97 Å². The summed E-state index contributed by atoms with van der Waals surface area (Å²) in [5.74, 6) is 2.04. The van der Waals surface area contributed by atoms with Crippen LogP contribution in [0.15, 0.2) is 72.0 Å². The maximum atomic E-state index is 12.2. The van der Waals surface area contributed by atoms with E-state index in [-0.39, 0.29) is 5.91 Å². The zero-order valence-corrected chi connectivity index (χ0v) is 18.9. The molecular weight excluding hydrogens is 422 g/mol. The fourth-order valence-electron chi connectivity index (χ4n) is 3.54. The molecular formula is C24H27N5O2S. The highest BCUT2D eigenvalue weighted by Gasteiger charge is 2.19. The van der Waals surface area contributed by atoms with Crippen molar-refractivity contribution < 1.29 is 9.53 Å². The molecule has 166 valence electrons. The minimum absolute atomic E-state index is 0.0269. The van der Waals surface area contributed by atoms with E-state index in [2.05, 4.69) is 37.2 Å². The quantitative estimate of drug-likeness (QED) is 0.418. The standard InChI is InChI=1S/C24H27N5O2S/c1-31-21-9-7-20(8-10-21)28-13-15-29(16-14-28)22-11-12-25-24(27-22)32-18-23(30)26-17-19-5-3-2-4-6-19/h2-12H,13-18H2,1H3,(H,26,30). The first-order chi connectivity index (χ1) is 15.7. The van der Waals surface area contributed by atoms with E-state index in [1.807, 2.05) is 48.5 Å². The monoisotopic (exact) mass is 449 g/mol. The Kier molecular flexibility index (Phi) is 7.45. The van der Waals surface area contributed by atoms with E-state index < -0.39 is 0 Å². The SMILES string of the molecule is COc1ccc(N2CCN(c3ccnc(SCC(=O)NCc4ccccc4)n3)CC2)cc1. The van der Waals surface area contributed by atoms with Crippen LogP contribution in [0.25, 0.3) is 0 Å².